The van der Waals surface area contributed by atoms with Crippen LogP contribution in [-0.2, 0) is 16.0 Å². The molecule has 9 heteroatoms. The van der Waals surface area contributed by atoms with Crippen molar-refractivity contribution in [1.29, 1.82) is 0 Å². The zero-order valence-electron chi connectivity index (χ0n) is 21.0. The van der Waals surface area contributed by atoms with Crippen LogP contribution in [0.25, 0.3) is 0 Å². The number of amides is 1. The number of nitrogens with zero attached hydrogens (tertiary/aromatic N) is 1. The van der Waals surface area contributed by atoms with Crippen molar-refractivity contribution >= 4 is 27.7 Å². The summed E-state index contributed by atoms with van der Waals surface area (Å²) in [6.07, 6.45) is -0.0641. The van der Waals surface area contributed by atoms with Crippen molar-refractivity contribution in [2.24, 2.45) is 4.99 Å². The lowest BCUT2D eigenvalue weighted by Gasteiger charge is -2.31. The minimum Gasteiger partial charge on any atom is -0.497 e. The zero-order valence-corrected chi connectivity index (χ0v) is 22.6. The van der Waals surface area contributed by atoms with Crippen molar-refractivity contribution in [3.63, 3.8) is 0 Å². The predicted octanol–water partition coefficient (Wildman–Crippen LogP) is 4.80. The fourth-order valence-corrected chi connectivity index (χ4v) is 4.76. The lowest BCUT2D eigenvalue weighted by molar-refractivity contribution is -0.129. The van der Waals surface area contributed by atoms with Crippen molar-refractivity contribution in [3.8, 4) is 11.5 Å². The van der Waals surface area contributed by atoms with Crippen LogP contribution in [0.4, 0.5) is 4.39 Å². The van der Waals surface area contributed by atoms with Crippen LogP contribution < -0.4 is 14.8 Å². The van der Waals surface area contributed by atoms with E-state index < -0.39 is 24.2 Å². The number of rotatable bonds is 12. The third-order valence-corrected chi connectivity index (χ3v) is 7.00. The molecule has 2 N–H and O–H groups in total. The highest BCUT2D eigenvalue weighted by Crippen LogP contribution is 2.44. The average molecular weight is 585 g/mol. The van der Waals surface area contributed by atoms with Gasteiger partial charge in [0.15, 0.2) is 11.6 Å². The monoisotopic (exact) mass is 584 g/mol. The summed E-state index contributed by atoms with van der Waals surface area (Å²) >= 11 is 3.59. The number of nitrogens with one attached hydrogen (secondary N) is 1. The van der Waals surface area contributed by atoms with E-state index in [0.717, 1.165) is 10.0 Å². The first-order valence-electron chi connectivity index (χ1n) is 12.3. The van der Waals surface area contributed by atoms with Crippen molar-refractivity contribution in [1.82, 2.24) is 5.32 Å². The van der Waals surface area contributed by atoms with E-state index in [4.69, 9.17) is 24.3 Å². The number of hydrogen-bond donors (Lipinski definition) is 2. The third-order valence-electron chi connectivity index (χ3n) is 6.22. The molecule has 0 spiro atoms. The molecule has 1 heterocycles. The Morgan fingerprint density at radius 2 is 1.92 bits per heavy atom. The summed E-state index contributed by atoms with van der Waals surface area (Å²) in [5.74, 6) is 1.12. The molecule has 0 aromatic heterocycles. The highest BCUT2D eigenvalue weighted by Gasteiger charge is 2.53. The summed E-state index contributed by atoms with van der Waals surface area (Å²) in [5, 5.41) is 11.7. The number of halogens is 2. The molecule has 1 aliphatic heterocycles. The quantitative estimate of drug-likeness (QED) is 0.298. The summed E-state index contributed by atoms with van der Waals surface area (Å²) in [4.78, 5) is 18.7. The number of benzene rings is 3. The topological polar surface area (TPSA) is 89.4 Å². The van der Waals surface area contributed by atoms with Crippen LogP contribution in [0.5, 0.6) is 11.5 Å². The minimum atomic E-state index is -1.42. The van der Waals surface area contributed by atoms with Crippen molar-refractivity contribution in [3.05, 3.63) is 94.0 Å². The number of carbonyl (C=O) groups excluding carboxylic acids is 1. The van der Waals surface area contributed by atoms with E-state index in [1.807, 2.05) is 60.7 Å². The maximum Gasteiger partial charge on any atom is 0.252 e. The molecular formula is C29H30BrFN2O5. The summed E-state index contributed by atoms with van der Waals surface area (Å²) in [5.41, 5.74) is 0.808. The summed E-state index contributed by atoms with van der Waals surface area (Å²) < 4.78 is 31.5. The maximum atomic E-state index is 13.8. The molecule has 0 unspecified atom stereocenters. The zero-order chi connectivity index (χ0) is 27.0. The number of aliphatic imine (C=N–C) groups is 1. The molecule has 0 saturated heterocycles. The Morgan fingerprint density at radius 1 is 1.13 bits per heavy atom. The second kappa shape index (κ2) is 12.9. The number of methoxy groups -OCH3 is 1. The molecule has 1 aliphatic rings. The van der Waals surface area contributed by atoms with Gasteiger partial charge in [-0.25, -0.2) is 9.38 Å². The fraction of sp³-hybridized carbons (Fsp3) is 0.310. The van der Waals surface area contributed by atoms with Gasteiger partial charge in [-0.05, 0) is 53.6 Å². The summed E-state index contributed by atoms with van der Waals surface area (Å²) in [6, 6.07) is 22.1. The van der Waals surface area contributed by atoms with Crippen LogP contribution in [0.3, 0.4) is 0 Å². The number of ether oxygens (including phenoxy) is 3. The van der Waals surface area contributed by atoms with Gasteiger partial charge in [0.05, 0.1) is 13.7 Å². The van der Waals surface area contributed by atoms with Gasteiger partial charge >= 0.3 is 0 Å². The van der Waals surface area contributed by atoms with Gasteiger partial charge in [0.2, 0.25) is 5.90 Å². The normalized spacial score (nSPS) is 18.4. The first-order valence-corrected chi connectivity index (χ1v) is 13.1. The lowest BCUT2D eigenvalue weighted by Crippen LogP contribution is -2.50. The molecule has 3 aromatic carbocycles. The van der Waals surface area contributed by atoms with E-state index in [9.17, 15) is 9.18 Å². The summed E-state index contributed by atoms with van der Waals surface area (Å²) in [6.45, 7) is -0.380. The summed E-state index contributed by atoms with van der Waals surface area (Å²) in [7, 11) is 1.57. The Labute approximate surface area is 229 Å². The van der Waals surface area contributed by atoms with Gasteiger partial charge in [-0.1, -0.05) is 46.3 Å². The van der Waals surface area contributed by atoms with Crippen molar-refractivity contribution in [2.75, 3.05) is 33.5 Å². The van der Waals surface area contributed by atoms with Crippen LogP contribution in [-0.4, -0.2) is 56.0 Å². The Kier molecular flexibility index (Phi) is 9.36. The van der Waals surface area contributed by atoms with Gasteiger partial charge in [-0.2, -0.15) is 0 Å². The van der Waals surface area contributed by atoms with E-state index in [-0.39, 0.29) is 19.6 Å². The first kappa shape index (κ1) is 27.6. The van der Waals surface area contributed by atoms with Crippen LogP contribution in [0.1, 0.15) is 29.2 Å². The predicted molar refractivity (Wildman–Crippen MR) is 147 cm³/mol. The molecule has 1 amide bonds. The molecule has 0 bridgehead atoms. The molecule has 3 aromatic rings. The molecular weight excluding hydrogens is 555 g/mol. The van der Waals surface area contributed by atoms with Gasteiger partial charge in [-0.3, -0.25) is 4.79 Å². The third kappa shape index (κ3) is 6.16. The van der Waals surface area contributed by atoms with Gasteiger partial charge in [0.1, 0.15) is 18.2 Å². The molecule has 200 valence electrons. The fourth-order valence-electron chi connectivity index (χ4n) is 4.33. The number of alkyl halides is 1. The molecule has 0 radical (unpaired) electrons. The second-order valence-corrected chi connectivity index (χ2v) is 9.63. The van der Waals surface area contributed by atoms with Crippen LogP contribution in [0, 0.1) is 0 Å². The van der Waals surface area contributed by atoms with E-state index >= 15 is 0 Å². The van der Waals surface area contributed by atoms with Gasteiger partial charge in [-0.15, -0.1) is 0 Å². The Morgan fingerprint density at radius 3 is 2.63 bits per heavy atom. The highest BCUT2D eigenvalue weighted by atomic mass is 79.9. The van der Waals surface area contributed by atoms with Crippen LogP contribution in [0.2, 0.25) is 0 Å². The van der Waals surface area contributed by atoms with Gasteiger partial charge in [0, 0.05) is 36.0 Å². The number of aliphatic hydroxyl groups is 1. The SMILES string of the molecule is COc1cccc([C@H]2OC(c3ccc(OCCCO)cc3)=N[C@@]2(Cc2ccccc2Br)C(=O)NCCF)c1. The maximum absolute atomic E-state index is 13.8. The van der Waals surface area contributed by atoms with Crippen LogP contribution in [0.15, 0.2) is 82.3 Å². The molecule has 38 heavy (non-hydrogen) atoms. The molecule has 0 aliphatic carbocycles. The highest BCUT2D eigenvalue weighted by molar-refractivity contribution is 9.10. The van der Waals surface area contributed by atoms with E-state index in [1.165, 1.54) is 0 Å². The van der Waals surface area contributed by atoms with Gasteiger partial charge in [0.25, 0.3) is 5.91 Å². The van der Waals surface area contributed by atoms with Crippen LogP contribution >= 0.6 is 15.9 Å². The largest absolute Gasteiger partial charge is 0.497 e. The molecule has 0 fully saturated rings. The molecule has 0 saturated carbocycles. The van der Waals surface area contributed by atoms with Gasteiger partial charge < -0.3 is 24.6 Å². The Balaban J connectivity index is 1.79. The lowest BCUT2D eigenvalue weighted by atomic mass is 9.82. The van der Waals surface area contributed by atoms with E-state index in [0.29, 0.717) is 41.6 Å². The first-order chi connectivity index (χ1) is 18.5. The minimum absolute atomic E-state index is 0.0540. The van der Waals surface area contributed by atoms with Crippen molar-refractivity contribution in [2.45, 2.75) is 24.5 Å². The molecule has 7 nitrogen and oxygen atoms in total. The Bertz CT molecular complexity index is 1270. The van der Waals surface area contributed by atoms with E-state index in [1.54, 1.807) is 19.2 Å². The standard InChI is InChI=1S/C29H30BrFN2O5/c1-36-24-8-4-7-21(18-24)26-29(28(35)32-15-14-31,19-22-6-2-3-9-25(22)30)33-27(38-26)20-10-12-23(13-11-20)37-17-5-16-34/h2-4,6-13,18,26,34H,5,14-17,19H2,1H3,(H,32,35)/t26-,29-/m1/s1. The number of hydrogen-bond acceptors (Lipinski definition) is 6. The smallest absolute Gasteiger partial charge is 0.252 e. The molecule has 2 atom stereocenters. The molecule has 4 rings (SSSR count). The number of aliphatic hydroxyl groups excluding tert-OH is 1. The second-order valence-electron chi connectivity index (χ2n) is 8.78. The van der Waals surface area contributed by atoms with E-state index in [2.05, 4.69) is 21.2 Å². The Hall–Kier alpha value is -3.43. The van der Waals surface area contributed by atoms with Crippen molar-refractivity contribution < 1.29 is 28.5 Å². The number of carbonyl (C=O) groups is 1. The average Bonchev–Trinajstić information content (AvgIpc) is 3.34.